The minimum Gasteiger partial charge on any atom is -0.493 e. The van der Waals surface area contributed by atoms with Crippen molar-refractivity contribution in [2.45, 2.75) is 248 Å². The Hall–Kier alpha value is -8.60. The third kappa shape index (κ3) is 18.6. The summed E-state index contributed by atoms with van der Waals surface area (Å²) in [5.41, 5.74) is 28.3. The second kappa shape index (κ2) is 39.0. The van der Waals surface area contributed by atoms with E-state index in [2.05, 4.69) is 289 Å². The largest absolute Gasteiger partial charge is 0.493 e. The second-order valence-corrected chi connectivity index (χ2v) is 32.8. The molecular weight excluding hydrogens is 1340 g/mol. The van der Waals surface area contributed by atoms with Crippen molar-refractivity contribution in [3.05, 3.63) is 229 Å². The smallest absolute Gasteiger partial charge is 0.119 e. The number of rotatable bonds is 43. The Kier molecular flexibility index (Phi) is 28.7. The molecule has 0 spiro atoms. The summed E-state index contributed by atoms with van der Waals surface area (Å²) >= 11 is 0. The molecule has 2 aliphatic carbocycles. The molecule has 0 fully saturated rings. The van der Waals surface area contributed by atoms with Crippen LogP contribution in [0.5, 0.6) is 23.0 Å². The Morgan fingerprint density at radius 2 is 0.400 bits per heavy atom. The van der Waals surface area contributed by atoms with E-state index in [-0.39, 0.29) is 10.8 Å². The van der Waals surface area contributed by atoms with Crippen molar-refractivity contribution < 1.29 is 18.9 Å². The van der Waals surface area contributed by atoms with Crippen molar-refractivity contribution in [2.24, 2.45) is 23.7 Å². The van der Waals surface area contributed by atoms with Gasteiger partial charge in [0.1, 0.15) is 23.0 Å². The summed E-state index contributed by atoms with van der Waals surface area (Å²) in [5, 5.41) is 0. The zero-order valence-electron chi connectivity index (χ0n) is 69.4. The van der Waals surface area contributed by atoms with Crippen LogP contribution >= 0.6 is 0 Å². The molecule has 2 aliphatic rings. The molecule has 0 heterocycles. The first kappa shape index (κ1) is 80.9. The van der Waals surface area contributed by atoms with Gasteiger partial charge in [0.25, 0.3) is 0 Å². The molecule has 0 aliphatic heterocycles. The Morgan fingerprint density at radius 1 is 0.209 bits per heavy atom. The van der Waals surface area contributed by atoms with Gasteiger partial charge in [0, 0.05) is 10.8 Å². The Balaban J connectivity index is 0.883. The fourth-order valence-electron chi connectivity index (χ4n) is 18.4. The van der Waals surface area contributed by atoms with Crippen molar-refractivity contribution in [3.8, 4) is 123 Å². The number of hydrogen-bond donors (Lipinski definition) is 0. The highest BCUT2D eigenvalue weighted by atomic mass is 16.5. The van der Waals surface area contributed by atoms with Crippen LogP contribution in [0.1, 0.15) is 259 Å². The van der Waals surface area contributed by atoms with E-state index in [0.717, 1.165) is 126 Å². The van der Waals surface area contributed by atoms with E-state index in [1.54, 1.807) is 0 Å². The molecule has 4 atom stereocenters. The highest BCUT2D eigenvalue weighted by molar-refractivity contribution is 5.91. The van der Waals surface area contributed by atoms with Gasteiger partial charge in [-0.1, -0.05) is 283 Å². The third-order valence-electron chi connectivity index (χ3n) is 25.2. The molecule has 0 radical (unpaired) electrons. The molecule has 4 heteroatoms. The average Bonchev–Trinajstić information content (AvgIpc) is 1.56. The molecule has 110 heavy (non-hydrogen) atoms. The van der Waals surface area contributed by atoms with E-state index >= 15 is 0 Å². The standard InChI is InChI=1S/C106H130O4/c1-13-25-29-75(21-9)71-107-93-45-33-79(34-46-93)87-61-88(80-35-47-94(48-36-80)108-72-76(22-10)30-26-14-2)64-91(63-87)85-43-55-99-97-53-41-83(67-101(97)105(57-17-5,58-18-6)103(99)69-85)84-42-54-98-100-56-44-86(70-104(100)106(59-19-7,60-20-8)102(98)68-84)92-65-89(81-37-49-95(50-38-81)109-73-77(23-11)31-27-15-3)62-90(66-92)82-39-51-96(52-40-82)110-74-78(24-12)32-28-16-4/h33-56,61-70,75-78H,13-32,57-60,71-74H2,1-12H3. The van der Waals surface area contributed by atoms with Crippen LogP contribution in [0.25, 0.3) is 100 Å². The van der Waals surface area contributed by atoms with Crippen LogP contribution in [0.15, 0.2) is 206 Å². The van der Waals surface area contributed by atoms with Crippen LogP contribution in [-0.2, 0) is 10.8 Å². The summed E-state index contributed by atoms with van der Waals surface area (Å²) < 4.78 is 25.9. The van der Waals surface area contributed by atoms with Gasteiger partial charge in [-0.05, 0) is 307 Å². The van der Waals surface area contributed by atoms with Crippen LogP contribution in [0.2, 0.25) is 0 Å². The topological polar surface area (TPSA) is 36.9 Å². The quantitative estimate of drug-likeness (QED) is 0.0382. The lowest BCUT2D eigenvalue weighted by Crippen LogP contribution is -2.25. The highest BCUT2D eigenvalue weighted by Crippen LogP contribution is 2.58. The predicted octanol–water partition coefficient (Wildman–Crippen LogP) is 31.5. The molecule has 0 saturated carbocycles. The van der Waals surface area contributed by atoms with Gasteiger partial charge in [-0.25, -0.2) is 0 Å². The number of ether oxygens (including phenoxy) is 4. The summed E-state index contributed by atoms with van der Waals surface area (Å²) in [7, 11) is 0. The molecule has 10 aromatic rings. The van der Waals surface area contributed by atoms with E-state index < -0.39 is 0 Å². The molecule has 0 aromatic heterocycles. The van der Waals surface area contributed by atoms with Gasteiger partial charge in [-0.15, -0.1) is 0 Å². The van der Waals surface area contributed by atoms with E-state index in [0.29, 0.717) is 23.7 Å². The monoisotopic (exact) mass is 1470 g/mol. The fourth-order valence-corrected chi connectivity index (χ4v) is 18.4. The first-order valence-electron chi connectivity index (χ1n) is 43.7. The maximum absolute atomic E-state index is 6.48. The molecule has 4 unspecified atom stereocenters. The molecule has 578 valence electrons. The lowest BCUT2D eigenvalue weighted by atomic mass is 9.70. The second-order valence-electron chi connectivity index (χ2n) is 32.8. The number of benzene rings is 10. The zero-order valence-corrected chi connectivity index (χ0v) is 69.4. The van der Waals surface area contributed by atoms with Crippen molar-refractivity contribution in [1.82, 2.24) is 0 Å². The zero-order chi connectivity index (χ0) is 77.0. The van der Waals surface area contributed by atoms with Gasteiger partial charge in [0.05, 0.1) is 26.4 Å². The summed E-state index contributed by atoms with van der Waals surface area (Å²) in [4.78, 5) is 0. The van der Waals surface area contributed by atoms with Gasteiger partial charge in [-0.3, -0.25) is 0 Å². The molecule has 0 N–H and O–H groups in total. The lowest BCUT2D eigenvalue weighted by Gasteiger charge is -2.33. The maximum atomic E-state index is 6.48. The Morgan fingerprint density at radius 3 is 0.591 bits per heavy atom. The van der Waals surface area contributed by atoms with Crippen molar-refractivity contribution in [3.63, 3.8) is 0 Å². The first-order chi connectivity index (χ1) is 53.9. The normalized spacial score (nSPS) is 14.1. The molecule has 10 aromatic carbocycles. The molecule has 0 amide bonds. The molecular formula is C106H130O4. The van der Waals surface area contributed by atoms with Crippen molar-refractivity contribution in [1.29, 1.82) is 0 Å². The van der Waals surface area contributed by atoms with E-state index in [1.807, 2.05) is 0 Å². The van der Waals surface area contributed by atoms with Crippen LogP contribution in [-0.4, -0.2) is 26.4 Å². The molecule has 0 bridgehead atoms. The fraction of sp³-hybridized carbons (Fsp3) is 0.434. The van der Waals surface area contributed by atoms with Crippen molar-refractivity contribution in [2.75, 3.05) is 26.4 Å². The lowest BCUT2D eigenvalue weighted by molar-refractivity contribution is 0.233. The summed E-state index contributed by atoms with van der Waals surface area (Å²) in [5.74, 6) is 6.05. The summed E-state index contributed by atoms with van der Waals surface area (Å²) in [6, 6.07) is 80.0. The first-order valence-corrected chi connectivity index (χ1v) is 43.7. The highest BCUT2D eigenvalue weighted by Gasteiger charge is 2.44. The minimum atomic E-state index is -0.144. The predicted molar refractivity (Wildman–Crippen MR) is 472 cm³/mol. The number of unbranched alkanes of at least 4 members (excludes halogenated alkanes) is 4. The van der Waals surface area contributed by atoms with Crippen LogP contribution in [0.4, 0.5) is 0 Å². The van der Waals surface area contributed by atoms with Gasteiger partial charge in [-0.2, -0.15) is 0 Å². The summed E-state index contributed by atoms with van der Waals surface area (Å²) in [6.45, 7) is 30.9. The Bertz CT molecular complexity index is 4090. The third-order valence-corrected chi connectivity index (χ3v) is 25.2. The molecule has 0 saturated heterocycles. The number of fused-ring (bicyclic) bond motifs is 6. The Labute approximate surface area is 664 Å². The van der Waals surface area contributed by atoms with E-state index in [4.69, 9.17) is 18.9 Å². The SMILES string of the molecule is CCCCC(CC)COc1ccc(-c2cc(-c3ccc(OCC(CC)CCCC)cc3)cc(-c3ccc4c(c3)C(CCC)(CCC)c3cc(-c5ccc6c(c5)C(CCC)(CCC)c5cc(-c7cc(-c8ccc(OCC(CC)CCCC)cc8)cc(-c8ccc(OCC(CC)CCCC)cc8)c7)ccc5-6)ccc3-4)c2)cc1. The van der Waals surface area contributed by atoms with Gasteiger partial charge >= 0.3 is 0 Å². The van der Waals surface area contributed by atoms with Crippen LogP contribution < -0.4 is 18.9 Å². The van der Waals surface area contributed by atoms with Gasteiger partial charge in [0.2, 0.25) is 0 Å². The summed E-state index contributed by atoms with van der Waals surface area (Å²) in [6.07, 6.45) is 28.0. The minimum absolute atomic E-state index is 0.144. The van der Waals surface area contributed by atoms with Gasteiger partial charge < -0.3 is 18.9 Å². The van der Waals surface area contributed by atoms with E-state index in [9.17, 15) is 0 Å². The molecule has 4 nitrogen and oxygen atoms in total. The van der Waals surface area contributed by atoms with Gasteiger partial charge in [0.15, 0.2) is 0 Å². The molecule has 12 rings (SSSR count). The van der Waals surface area contributed by atoms with E-state index in [1.165, 1.54) is 199 Å². The van der Waals surface area contributed by atoms with Crippen LogP contribution in [0, 0.1) is 23.7 Å². The maximum Gasteiger partial charge on any atom is 0.119 e. The number of hydrogen-bond acceptors (Lipinski definition) is 4. The van der Waals surface area contributed by atoms with Crippen LogP contribution in [0.3, 0.4) is 0 Å². The average molecular weight is 1470 g/mol. The van der Waals surface area contributed by atoms with Crippen molar-refractivity contribution >= 4 is 0 Å².